The van der Waals surface area contributed by atoms with Crippen molar-refractivity contribution in [2.45, 2.75) is 11.8 Å². The van der Waals surface area contributed by atoms with E-state index in [0.29, 0.717) is 0 Å². The molecule has 0 unspecified atom stereocenters. The maximum absolute atomic E-state index is 4.60. The highest BCUT2D eigenvalue weighted by Gasteiger charge is 2.38. The Morgan fingerprint density at radius 1 is 0.960 bits per heavy atom. The predicted octanol–water partition coefficient (Wildman–Crippen LogP) is 5.15. The first-order valence-electron chi connectivity index (χ1n) is 8.12. The Morgan fingerprint density at radius 3 is 2.32 bits per heavy atom. The van der Waals surface area contributed by atoms with Crippen molar-refractivity contribution in [2.75, 3.05) is 0 Å². The molecule has 4 aromatic heterocycles. The van der Waals surface area contributed by atoms with Gasteiger partial charge in [0.25, 0.3) is 0 Å². The Bertz CT molecular complexity index is 978. The molecule has 1 aliphatic rings. The third kappa shape index (κ3) is 2.31. The molecule has 0 aromatic carbocycles. The molecule has 122 valence electrons. The fraction of sp³-hybridized carbons (Fsp3) is 0.100. The van der Waals surface area contributed by atoms with Gasteiger partial charge in [-0.25, -0.2) is 0 Å². The minimum Gasteiger partial charge on any atom is -0.281 e. The molecular weight excluding hydrogens is 346 g/mol. The lowest BCUT2D eigenvalue weighted by atomic mass is 9.75. The van der Waals surface area contributed by atoms with Gasteiger partial charge in [-0.15, -0.1) is 22.7 Å². The number of hydrogen-bond acceptors (Lipinski definition) is 4. The van der Waals surface area contributed by atoms with Crippen LogP contribution in [0.3, 0.4) is 0 Å². The van der Waals surface area contributed by atoms with Crippen LogP contribution in [0.25, 0.3) is 17.3 Å². The smallest absolute Gasteiger partial charge is 0.0996 e. The van der Waals surface area contributed by atoms with Crippen LogP contribution in [0.1, 0.15) is 21.0 Å². The van der Waals surface area contributed by atoms with Crippen LogP contribution in [0.2, 0.25) is 0 Å². The summed E-state index contributed by atoms with van der Waals surface area (Å²) >= 11 is 3.63. The Balaban J connectivity index is 1.65. The Hall–Kier alpha value is -2.50. The van der Waals surface area contributed by atoms with E-state index in [2.05, 4.69) is 62.4 Å². The van der Waals surface area contributed by atoms with Crippen molar-refractivity contribution < 1.29 is 0 Å². The molecule has 0 atom stereocenters. The number of aromatic amines is 1. The molecule has 25 heavy (non-hydrogen) atoms. The van der Waals surface area contributed by atoms with Crippen LogP contribution in [0.4, 0.5) is 0 Å². The van der Waals surface area contributed by atoms with Crippen LogP contribution in [0, 0.1) is 0 Å². The molecular formula is C20H15N3S2. The maximum atomic E-state index is 4.60. The van der Waals surface area contributed by atoms with Crippen molar-refractivity contribution in [1.82, 2.24) is 15.2 Å². The molecule has 1 N–H and O–H groups in total. The van der Waals surface area contributed by atoms with Crippen molar-refractivity contribution in [3.05, 3.63) is 86.6 Å². The second-order valence-electron chi connectivity index (χ2n) is 6.14. The van der Waals surface area contributed by atoms with Crippen molar-refractivity contribution in [3.63, 3.8) is 0 Å². The zero-order valence-corrected chi connectivity index (χ0v) is 15.0. The van der Waals surface area contributed by atoms with Crippen molar-refractivity contribution >= 4 is 28.7 Å². The monoisotopic (exact) mass is 361 g/mol. The zero-order chi connectivity index (χ0) is 16.7. The van der Waals surface area contributed by atoms with Gasteiger partial charge < -0.3 is 0 Å². The third-order valence-electron chi connectivity index (χ3n) is 4.75. The number of rotatable bonds is 3. The zero-order valence-electron chi connectivity index (χ0n) is 13.3. The molecule has 0 aliphatic heterocycles. The predicted molar refractivity (Wildman–Crippen MR) is 104 cm³/mol. The average molecular weight is 361 g/mol. The Kier molecular flexibility index (Phi) is 3.43. The van der Waals surface area contributed by atoms with Crippen LogP contribution < -0.4 is 0 Å². The lowest BCUT2D eigenvalue weighted by Gasteiger charge is -2.31. The molecule has 0 radical (unpaired) electrons. The van der Waals surface area contributed by atoms with Gasteiger partial charge in [-0.05, 0) is 35.0 Å². The summed E-state index contributed by atoms with van der Waals surface area (Å²) in [6.07, 6.45) is 9.11. The summed E-state index contributed by atoms with van der Waals surface area (Å²) in [7, 11) is 0. The van der Waals surface area contributed by atoms with Crippen molar-refractivity contribution in [2.24, 2.45) is 0 Å². The maximum Gasteiger partial charge on any atom is 0.0996 e. The summed E-state index contributed by atoms with van der Waals surface area (Å²) in [6.45, 7) is 0. The van der Waals surface area contributed by atoms with E-state index in [4.69, 9.17) is 0 Å². The molecule has 0 fully saturated rings. The number of aromatic nitrogens is 3. The molecule has 0 amide bonds. The van der Waals surface area contributed by atoms with Crippen molar-refractivity contribution in [3.8, 4) is 11.3 Å². The number of fused-ring (bicyclic) bond motifs is 1. The summed E-state index contributed by atoms with van der Waals surface area (Å²) in [6, 6.07) is 12.7. The summed E-state index contributed by atoms with van der Waals surface area (Å²) < 4.78 is 0. The molecule has 4 heterocycles. The van der Waals surface area contributed by atoms with Gasteiger partial charge in [-0.2, -0.15) is 5.10 Å². The Morgan fingerprint density at radius 2 is 1.68 bits per heavy atom. The van der Waals surface area contributed by atoms with Crippen LogP contribution >= 0.6 is 22.7 Å². The fourth-order valence-corrected chi connectivity index (χ4v) is 5.43. The second kappa shape index (κ2) is 5.79. The van der Waals surface area contributed by atoms with Crippen LogP contribution in [-0.2, 0) is 11.8 Å². The van der Waals surface area contributed by atoms with Gasteiger partial charge in [0.1, 0.15) is 0 Å². The van der Waals surface area contributed by atoms with Crippen molar-refractivity contribution in [1.29, 1.82) is 0 Å². The van der Waals surface area contributed by atoms with E-state index in [1.807, 2.05) is 47.2 Å². The number of H-pyrrole nitrogens is 1. The largest absolute Gasteiger partial charge is 0.281 e. The van der Waals surface area contributed by atoms with Crippen LogP contribution in [0.5, 0.6) is 0 Å². The molecule has 0 saturated carbocycles. The highest BCUT2D eigenvalue weighted by Crippen LogP contribution is 2.45. The number of hydrogen-bond donors (Lipinski definition) is 1. The lowest BCUT2D eigenvalue weighted by Crippen LogP contribution is -2.28. The quantitative estimate of drug-likeness (QED) is 0.548. The molecule has 4 aromatic rings. The molecule has 0 saturated heterocycles. The normalized spacial score (nSPS) is 15.2. The lowest BCUT2D eigenvalue weighted by molar-refractivity contribution is 0.645. The van der Waals surface area contributed by atoms with Gasteiger partial charge >= 0.3 is 0 Å². The van der Waals surface area contributed by atoms with E-state index in [1.165, 1.54) is 21.0 Å². The molecule has 1 aliphatic carbocycles. The Labute approximate surface area is 153 Å². The number of thiophene rings is 2. The van der Waals surface area contributed by atoms with E-state index < -0.39 is 0 Å². The van der Waals surface area contributed by atoms with Gasteiger partial charge in [0, 0.05) is 45.4 Å². The topological polar surface area (TPSA) is 41.6 Å². The molecule has 3 nitrogen and oxygen atoms in total. The average Bonchev–Trinajstić information content (AvgIpc) is 3.43. The standard InChI is InChI=1S/C20H15N3S2/c1-3-17(24-11-1)20(18-4-2-12-25-18)8-5-15-16(13-20)22-23-19(15)14-6-9-21-10-7-14/h1-12H,13H2,(H,22,23). The van der Waals surface area contributed by atoms with E-state index in [9.17, 15) is 0 Å². The minimum atomic E-state index is -0.0998. The highest BCUT2D eigenvalue weighted by molar-refractivity contribution is 7.11. The SMILES string of the molecule is C1=CC(c2cccs2)(c2cccs2)Cc2[nH]nc(-c3ccncc3)c21. The summed E-state index contributed by atoms with van der Waals surface area (Å²) in [4.78, 5) is 6.85. The summed E-state index contributed by atoms with van der Waals surface area (Å²) in [5, 5.41) is 12.2. The van der Waals surface area contributed by atoms with E-state index >= 15 is 0 Å². The first-order valence-corrected chi connectivity index (χ1v) is 9.88. The van der Waals surface area contributed by atoms with Gasteiger partial charge in [0.2, 0.25) is 0 Å². The van der Waals surface area contributed by atoms with Gasteiger partial charge in [-0.3, -0.25) is 10.1 Å². The summed E-state index contributed by atoms with van der Waals surface area (Å²) in [5.74, 6) is 0. The first-order chi connectivity index (χ1) is 12.4. The molecule has 0 spiro atoms. The molecule has 0 bridgehead atoms. The minimum absolute atomic E-state index is 0.0998. The van der Waals surface area contributed by atoms with Crippen LogP contribution in [-0.4, -0.2) is 15.2 Å². The molecule has 5 rings (SSSR count). The number of nitrogens with one attached hydrogen (secondary N) is 1. The van der Waals surface area contributed by atoms with Crippen LogP contribution in [0.15, 0.2) is 65.6 Å². The summed E-state index contributed by atoms with van der Waals surface area (Å²) in [5.41, 5.74) is 4.37. The fourth-order valence-electron chi connectivity index (χ4n) is 3.52. The second-order valence-corrected chi connectivity index (χ2v) is 8.03. The number of pyridine rings is 1. The first kappa shape index (κ1) is 14.8. The number of allylic oxidation sites excluding steroid dienone is 1. The highest BCUT2D eigenvalue weighted by atomic mass is 32.1. The van der Waals surface area contributed by atoms with Gasteiger partial charge in [0.05, 0.1) is 11.1 Å². The van der Waals surface area contributed by atoms with Gasteiger partial charge in [-0.1, -0.05) is 24.3 Å². The molecule has 5 heteroatoms. The van der Waals surface area contributed by atoms with E-state index in [0.717, 1.165) is 17.7 Å². The van der Waals surface area contributed by atoms with E-state index in [-0.39, 0.29) is 5.41 Å². The van der Waals surface area contributed by atoms with Gasteiger partial charge in [0.15, 0.2) is 0 Å². The third-order valence-corrected chi connectivity index (χ3v) is 6.84. The van der Waals surface area contributed by atoms with E-state index in [1.54, 1.807) is 0 Å². The number of nitrogens with zero attached hydrogens (tertiary/aromatic N) is 2.